The van der Waals surface area contributed by atoms with Crippen LogP contribution in [-0.2, 0) is 36.4 Å². The Labute approximate surface area is 227 Å². The van der Waals surface area contributed by atoms with E-state index in [9.17, 15) is 18.9 Å². The molecule has 3 rings (SSSR count). The van der Waals surface area contributed by atoms with Crippen LogP contribution in [0.1, 0.15) is 50.7 Å². The second-order valence-corrected chi connectivity index (χ2v) is 10.3. The first-order valence-corrected chi connectivity index (χ1v) is 14.1. The predicted molar refractivity (Wildman–Crippen MR) is 144 cm³/mol. The summed E-state index contributed by atoms with van der Waals surface area (Å²) in [6.45, 7) is 3.31. The lowest BCUT2D eigenvalue weighted by Crippen LogP contribution is -2.12. The molecule has 3 aromatic rings. The lowest BCUT2D eigenvalue weighted by molar-refractivity contribution is -0.135. The molecule has 9 nitrogen and oxygen atoms in total. The average molecular weight is 555 g/mol. The van der Waals surface area contributed by atoms with Crippen LogP contribution >= 0.6 is 7.60 Å². The summed E-state index contributed by atoms with van der Waals surface area (Å²) >= 11 is 0. The maximum Gasteiger partial charge on any atom is 0.439 e. The second kappa shape index (κ2) is 15.0. The molecule has 0 aliphatic carbocycles. The minimum absolute atomic E-state index is 0.187. The van der Waals surface area contributed by atoms with Crippen LogP contribution in [0, 0.1) is 0 Å². The van der Waals surface area contributed by atoms with Gasteiger partial charge in [0.25, 0.3) is 0 Å². The summed E-state index contributed by atoms with van der Waals surface area (Å²) in [5, 5.41) is 0. The minimum Gasteiger partial charge on any atom is -0.427 e. The molecule has 3 aromatic carbocycles. The zero-order valence-electron chi connectivity index (χ0n) is 21.9. The SMILES string of the molecule is CCCC(=O)Oc1ccc(COP(=O)(OCc2ccc(OC(=O)CCC)cc2)C(=O)Oc2ccccc2)cc1. The highest BCUT2D eigenvalue weighted by Crippen LogP contribution is 2.51. The van der Waals surface area contributed by atoms with Gasteiger partial charge in [-0.1, -0.05) is 56.3 Å². The monoisotopic (exact) mass is 554 g/mol. The molecule has 0 heterocycles. The lowest BCUT2D eigenvalue weighted by atomic mass is 10.2. The lowest BCUT2D eigenvalue weighted by Gasteiger charge is -2.17. The number of carbonyl (C=O) groups excluding carboxylic acids is 3. The van der Waals surface area contributed by atoms with Crippen LogP contribution in [0.4, 0.5) is 4.79 Å². The van der Waals surface area contributed by atoms with E-state index in [4.69, 9.17) is 23.3 Å². The average Bonchev–Trinajstić information content (AvgIpc) is 2.93. The van der Waals surface area contributed by atoms with Crippen LogP contribution in [-0.4, -0.2) is 17.6 Å². The van der Waals surface area contributed by atoms with Crippen LogP contribution in [0.25, 0.3) is 0 Å². The van der Waals surface area contributed by atoms with Gasteiger partial charge in [0.2, 0.25) is 0 Å². The van der Waals surface area contributed by atoms with Crippen molar-refractivity contribution in [2.75, 3.05) is 0 Å². The third kappa shape index (κ3) is 9.80. The molecule has 0 spiro atoms. The van der Waals surface area contributed by atoms with Crippen LogP contribution in [0.5, 0.6) is 17.2 Å². The Morgan fingerprint density at radius 3 is 1.41 bits per heavy atom. The van der Waals surface area contributed by atoms with Crippen molar-refractivity contribution < 1.29 is 42.2 Å². The fourth-order valence-corrected chi connectivity index (χ4v) is 4.33. The molecular formula is C29H31O9P. The van der Waals surface area contributed by atoms with Gasteiger partial charge < -0.3 is 14.2 Å². The van der Waals surface area contributed by atoms with E-state index in [-0.39, 0.29) is 30.9 Å². The summed E-state index contributed by atoms with van der Waals surface area (Å²) in [6, 6.07) is 21.0. The number of para-hydroxylation sites is 1. The van der Waals surface area contributed by atoms with Crippen molar-refractivity contribution in [2.24, 2.45) is 0 Å². The molecule has 0 aliphatic rings. The Balaban J connectivity index is 1.68. The quantitative estimate of drug-likeness (QED) is 0.116. The van der Waals surface area contributed by atoms with Crippen molar-refractivity contribution in [3.63, 3.8) is 0 Å². The number of hydrogen-bond acceptors (Lipinski definition) is 9. The Morgan fingerprint density at radius 2 is 1.00 bits per heavy atom. The summed E-state index contributed by atoms with van der Waals surface area (Å²) in [5.74, 6) is 0.240. The molecule has 0 unspecified atom stereocenters. The molecule has 0 atom stereocenters. The molecule has 0 aliphatic heterocycles. The van der Waals surface area contributed by atoms with Crippen LogP contribution in [0.15, 0.2) is 78.9 Å². The standard InChI is InChI=1S/C29H31O9P/c1-3-8-27(30)36-25-16-12-22(13-17-25)20-34-39(33,29(32)38-24-10-6-5-7-11-24)35-21-23-14-18-26(19-15-23)37-28(31)9-4-2/h5-7,10-19H,3-4,8-9,20-21H2,1-2H3. The van der Waals surface area contributed by atoms with E-state index in [2.05, 4.69) is 0 Å². The molecular weight excluding hydrogens is 523 g/mol. The normalized spacial score (nSPS) is 11.0. The number of esters is 2. The van der Waals surface area contributed by atoms with Gasteiger partial charge in [0.05, 0.1) is 13.2 Å². The number of carbonyl (C=O) groups is 3. The zero-order chi connectivity index (χ0) is 28.1. The molecule has 10 heteroatoms. The summed E-state index contributed by atoms with van der Waals surface area (Å²) in [6.07, 6.45) is 1.97. The number of hydrogen-bond donors (Lipinski definition) is 0. The number of benzene rings is 3. The second-order valence-electron chi connectivity index (χ2n) is 8.46. The highest BCUT2D eigenvalue weighted by Gasteiger charge is 2.38. The number of rotatable bonds is 14. The largest absolute Gasteiger partial charge is 0.439 e. The maximum absolute atomic E-state index is 13.6. The van der Waals surface area contributed by atoms with Crippen LogP contribution in [0.3, 0.4) is 0 Å². The van der Waals surface area contributed by atoms with Crippen molar-refractivity contribution in [1.82, 2.24) is 0 Å². The van der Waals surface area contributed by atoms with E-state index in [1.54, 1.807) is 78.9 Å². The fourth-order valence-electron chi connectivity index (χ4n) is 3.19. The Kier molecular flexibility index (Phi) is 11.4. The highest BCUT2D eigenvalue weighted by molar-refractivity contribution is 7.71. The molecule has 0 radical (unpaired) electrons. The summed E-state index contributed by atoms with van der Waals surface area (Å²) in [7, 11) is -4.43. The zero-order valence-corrected chi connectivity index (χ0v) is 22.8. The van der Waals surface area contributed by atoms with E-state index in [1.807, 2.05) is 13.8 Å². The minimum atomic E-state index is -4.43. The van der Waals surface area contributed by atoms with Crippen molar-refractivity contribution in [3.05, 3.63) is 90.0 Å². The van der Waals surface area contributed by atoms with Crippen molar-refractivity contribution in [3.8, 4) is 17.2 Å². The molecule has 206 valence electrons. The molecule has 0 saturated carbocycles. The molecule has 0 saturated heterocycles. The Morgan fingerprint density at radius 1 is 0.590 bits per heavy atom. The topological polar surface area (TPSA) is 114 Å². The third-order valence-electron chi connectivity index (χ3n) is 5.19. The van der Waals surface area contributed by atoms with Gasteiger partial charge in [-0.25, -0.2) is 9.36 Å². The van der Waals surface area contributed by atoms with Gasteiger partial charge in [0.15, 0.2) is 0 Å². The molecule has 39 heavy (non-hydrogen) atoms. The smallest absolute Gasteiger partial charge is 0.427 e. The predicted octanol–water partition coefficient (Wildman–Crippen LogP) is 7.22. The Hall–Kier alpha value is -3.78. The van der Waals surface area contributed by atoms with Gasteiger partial charge in [0, 0.05) is 12.8 Å². The third-order valence-corrected chi connectivity index (χ3v) is 6.67. The van der Waals surface area contributed by atoms with E-state index < -0.39 is 13.3 Å². The summed E-state index contributed by atoms with van der Waals surface area (Å²) < 4.78 is 40.3. The molecule has 0 aromatic heterocycles. The van der Waals surface area contributed by atoms with Gasteiger partial charge >= 0.3 is 25.2 Å². The van der Waals surface area contributed by atoms with E-state index in [0.29, 0.717) is 48.3 Å². The summed E-state index contributed by atoms with van der Waals surface area (Å²) in [5.41, 5.74) is -0.0244. The first-order chi connectivity index (χ1) is 18.8. The van der Waals surface area contributed by atoms with E-state index in [1.165, 1.54) is 0 Å². The molecule has 0 N–H and O–H groups in total. The van der Waals surface area contributed by atoms with Gasteiger partial charge in [-0.2, -0.15) is 0 Å². The van der Waals surface area contributed by atoms with Crippen LogP contribution < -0.4 is 14.2 Å². The van der Waals surface area contributed by atoms with Crippen molar-refractivity contribution >= 4 is 25.2 Å². The first kappa shape index (κ1) is 29.8. The van der Waals surface area contributed by atoms with Crippen molar-refractivity contribution in [1.29, 1.82) is 0 Å². The van der Waals surface area contributed by atoms with E-state index >= 15 is 0 Å². The Bertz CT molecular complexity index is 1200. The van der Waals surface area contributed by atoms with Gasteiger partial charge in [-0.15, -0.1) is 0 Å². The number of ether oxygens (including phenoxy) is 3. The fraction of sp³-hybridized carbons (Fsp3) is 0.276. The molecule has 0 bridgehead atoms. The molecule has 0 fully saturated rings. The van der Waals surface area contributed by atoms with Gasteiger partial charge in [-0.3, -0.25) is 18.6 Å². The van der Waals surface area contributed by atoms with Crippen LogP contribution in [0.2, 0.25) is 0 Å². The molecule has 0 amide bonds. The van der Waals surface area contributed by atoms with Gasteiger partial charge in [-0.05, 0) is 60.4 Å². The first-order valence-electron chi connectivity index (χ1n) is 12.6. The maximum atomic E-state index is 13.6. The summed E-state index contributed by atoms with van der Waals surface area (Å²) in [4.78, 5) is 36.3. The van der Waals surface area contributed by atoms with Gasteiger partial charge in [0.1, 0.15) is 17.2 Å². The highest BCUT2D eigenvalue weighted by atomic mass is 31.2. The van der Waals surface area contributed by atoms with Crippen molar-refractivity contribution in [2.45, 2.75) is 52.7 Å². The van der Waals surface area contributed by atoms with E-state index in [0.717, 1.165) is 0 Å².